The second-order valence-electron chi connectivity index (χ2n) is 12.4. The zero-order valence-corrected chi connectivity index (χ0v) is 27.3. The maximum absolute atomic E-state index is 12.3. The van der Waals surface area contributed by atoms with Gasteiger partial charge in [-0.25, -0.2) is 14.6 Å². The van der Waals surface area contributed by atoms with E-state index in [1.807, 2.05) is 0 Å². The molecular weight excluding hydrogens is 528 g/mol. The fraction of sp³-hybridized carbons (Fsp3) is 0.818. The topological polar surface area (TPSA) is 128 Å². The molecular formula is C33H62N6O3. The standard InChI is InChI=1S/C33H62N6O3/c1-5-6-7-8-9-10-11-12-13-16-22-34-32(41)35-23-17-14-15-18-24-36-33(42)39-31-37-29(26-30(40)38-31)25-28(4)21-19-20-27(2)3/h26-28H,5-25H2,1-4H3,(H2,34,35,41)(H3,36,37,38,39,40,42)/t28-/m1/s1. The van der Waals surface area contributed by atoms with Gasteiger partial charge in [-0.15, -0.1) is 0 Å². The summed E-state index contributed by atoms with van der Waals surface area (Å²) in [6, 6.07) is 1.06. The number of aromatic amines is 1. The third kappa shape index (κ3) is 22.1. The van der Waals surface area contributed by atoms with Gasteiger partial charge in [-0.2, -0.15) is 0 Å². The minimum Gasteiger partial charge on any atom is -0.338 e. The van der Waals surface area contributed by atoms with Crippen molar-refractivity contribution < 1.29 is 9.59 Å². The molecule has 0 radical (unpaired) electrons. The zero-order valence-electron chi connectivity index (χ0n) is 27.3. The molecule has 4 amide bonds. The van der Waals surface area contributed by atoms with Crippen LogP contribution < -0.4 is 26.8 Å². The van der Waals surface area contributed by atoms with Crippen LogP contribution in [0.25, 0.3) is 0 Å². The Kier molecular flexibility index (Phi) is 22.3. The summed E-state index contributed by atoms with van der Waals surface area (Å²) in [7, 11) is 0. The lowest BCUT2D eigenvalue weighted by Crippen LogP contribution is -2.36. The molecule has 0 spiro atoms. The first-order valence-electron chi connectivity index (χ1n) is 17.0. The summed E-state index contributed by atoms with van der Waals surface area (Å²) >= 11 is 0. The number of H-pyrrole nitrogens is 1. The molecule has 0 bridgehead atoms. The third-order valence-electron chi connectivity index (χ3n) is 7.55. The average Bonchev–Trinajstić information content (AvgIpc) is 2.92. The van der Waals surface area contributed by atoms with Crippen molar-refractivity contribution >= 4 is 18.0 Å². The monoisotopic (exact) mass is 590 g/mol. The minimum atomic E-state index is -0.374. The Morgan fingerprint density at radius 2 is 1.21 bits per heavy atom. The quantitative estimate of drug-likeness (QED) is 0.0748. The van der Waals surface area contributed by atoms with Crippen LogP contribution in [0.3, 0.4) is 0 Å². The van der Waals surface area contributed by atoms with Crippen LogP contribution in [0, 0.1) is 11.8 Å². The molecule has 9 heteroatoms. The van der Waals surface area contributed by atoms with Crippen LogP contribution in [0.2, 0.25) is 0 Å². The molecule has 0 aliphatic rings. The molecule has 0 unspecified atom stereocenters. The van der Waals surface area contributed by atoms with Gasteiger partial charge >= 0.3 is 12.1 Å². The van der Waals surface area contributed by atoms with Crippen LogP contribution in [0.4, 0.5) is 15.5 Å². The summed E-state index contributed by atoms with van der Waals surface area (Å²) in [6.07, 6.45) is 20.8. The van der Waals surface area contributed by atoms with E-state index < -0.39 is 0 Å². The number of nitrogens with zero attached hydrogens (tertiary/aromatic N) is 1. The van der Waals surface area contributed by atoms with Gasteiger partial charge in [0, 0.05) is 25.7 Å². The highest BCUT2D eigenvalue weighted by atomic mass is 16.2. The number of anilines is 1. The van der Waals surface area contributed by atoms with E-state index in [-0.39, 0.29) is 23.6 Å². The molecule has 0 aliphatic heterocycles. The van der Waals surface area contributed by atoms with E-state index in [0.29, 0.717) is 37.0 Å². The molecule has 5 N–H and O–H groups in total. The highest BCUT2D eigenvalue weighted by Gasteiger charge is 2.10. The first-order valence-corrected chi connectivity index (χ1v) is 17.0. The van der Waals surface area contributed by atoms with Gasteiger partial charge in [0.15, 0.2) is 0 Å². The lowest BCUT2D eigenvalue weighted by atomic mass is 9.96. The van der Waals surface area contributed by atoms with E-state index in [2.05, 4.69) is 58.9 Å². The third-order valence-corrected chi connectivity index (χ3v) is 7.55. The van der Waals surface area contributed by atoms with Crippen molar-refractivity contribution in [3.8, 4) is 0 Å². The van der Waals surface area contributed by atoms with Crippen LogP contribution in [0.1, 0.15) is 143 Å². The molecule has 1 aromatic heterocycles. The highest BCUT2D eigenvalue weighted by Crippen LogP contribution is 2.16. The normalized spacial score (nSPS) is 11.8. The van der Waals surface area contributed by atoms with Gasteiger partial charge in [-0.05, 0) is 37.5 Å². The summed E-state index contributed by atoms with van der Waals surface area (Å²) in [6.45, 7) is 10.8. The van der Waals surface area contributed by atoms with Crippen LogP contribution in [0.5, 0.6) is 0 Å². The summed E-state index contributed by atoms with van der Waals surface area (Å²) in [5, 5.41) is 11.3. The summed E-state index contributed by atoms with van der Waals surface area (Å²) < 4.78 is 0. The first kappa shape index (κ1) is 37.4. The van der Waals surface area contributed by atoms with E-state index in [1.165, 1.54) is 76.7 Å². The van der Waals surface area contributed by atoms with Crippen molar-refractivity contribution in [3.63, 3.8) is 0 Å². The van der Waals surface area contributed by atoms with Gasteiger partial charge in [0.1, 0.15) is 0 Å². The molecule has 242 valence electrons. The number of carbonyl (C=O) groups excluding carboxylic acids is 2. The fourth-order valence-corrected chi connectivity index (χ4v) is 5.04. The number of aromatic nitrogens is 2. The SMILES string of the molecule is CCCCCCCCCCCCNC(=O)NCCCCCCNC(=O)Nc1nc(C[C@H](C)CCCC(C)C)cc(=O)[nH]1. The summed E-state index contributed by atoms with van der Waals surface area (Å²) in [4.78, 5) is 43.2. The largest absolute Gasteiger partial charge is 0.338 e. The van der Waals surface area contributed by atoms with Crippen molar-refractivity contribution in [2.24, 2.45) is 11.8 Å². The van der Waals surface area contributed by atoms with Crippen LogP contribution >= 0.6 is 0 Å². The molecule has 0 saturated heterocycles. The number of hydrogen-bond donors (Lipinski definition) is 5. The molecule has 1 atom stereocenters. The Morgan fingerprint density at radius 3 is 1.74 bits per heavy atom. The van der Waals surface area contributed by atoms with Gasteiger partial charge in [-0.3, -0.25) is 15.1 Å². The van der Waals surface area contributed by atoms with Gasteiger partial charge in [0.25, 0.3) is 5.56 Å². The maximum Gasteiger partial charge on any atom is 0.321 e. The molecule has 42 heavy (non-hydrogen) atoms. The Hall–Kier alpha value is -2.58. The molecule has 9 nitrogen and oxygen atoms in total. The number of hydrogen-bond acceptors (Lipinski definition) is 4. The molecule has 0 aromatic carbocycles. The lowest BCUT2D eigenvalue weighted by molar-refractivity contribution is 0.240. The van der Waals surface area contributed by atoms with Gasteiger partial charge in [0.05, 0.1) is 5.69 Å². The van der Waals surface area contributed by atoms with E-state index >= 15 is 0 Å². The van der Waals surface area contributed by atoms with Crippen molar-refractivity contribution in [2.75, 3.05) is 25.0 Å². The predicted octanol–water partition coefficient (Wildman–Crippen LogP) is 7.68. The molecule has 1 heterocycles. The average molecular weight is 591 g/mol. The van der Waals surface area contributed by atoms with Crippen molar-refractivity contribution in [3.05, 3.63) is 22.1 Å². The first-order chi connectivity index (χ1) is 20.3. The van der Waals surface area contributed by atoms with E-state index in [9.17, 15) is 14.4 Å². The van der Waals surface area contributed by atoms with Crippen molar-refractivity contribution in [1.82, 2.24) is 25.9 Å². The summed E-state index contributed by atoms with van der Waals surface area (Å²) in [5.74, 6) is 1.31. The molecule has 1 rings (SSSR count). The second kappa shape index (κ2) is 25.0. The van der Waals surface area contributed by atoms with Crippen molar-refractivity contribution in [1.29, 1.82) is 0 Å². The van der Waals surface area contributed by atoms with Crippen molar-refractivity contribution in [2.45, 2.75) is 143 Å². The number of rotatable bonds is 25. The minimum absolute atomic E-state index is 0.0828. The van der Waals surface area contributed by atoms with Crippen LogP contribution in [0.15, 0.2) is 10.9 Å². The Bertz CT molecular complexity index is 889. The number of urea groups is 2. The smallest absolute Gasteiger partial charge is 0.321 e. The second-order valence-corrected chi connectivity index (χ2v) is 12.4. The van der Waals surface area contributed by atoms with Gasteiger partial charge in [-0.1, -0.05) is 118 Å². The van der Waals surface area contributed by atoms with Crippen LogP contribution in [-0.2, 0) is 6.42 Å². The van der Waals surface area contributed by atoms with E-state index in [4.69, 9.17) is 0 Å². The maximum atomic E-state index is 12.3. The number of nitrogens with one attached hydrogen (secondary N) is 5. The lowest BCUT2D eigenvalue weighted by Gasteiger charge is -2.13. The molecule has 1 aromatic rings. The number of unbranched alkanes of at least 4 members (excludes halogenated alkanes) is 12. The number of amides is 4. The van der Waals surface area contributed by atoms with Gasteiger partial charge in [0.2, 0.25) is 5.95 Å². The molecule has 0 saturated carbocycles. The Balaban J connectivity index is 2.03. The highest BCUT2D eigenvalue weighted by molar-refractivity contribution is 5.87. The van der Waals surface area contributed by atoms with E-state index in [1.54, 1.807) is 0 Å². The predicted molar refractivity (Wildman–Crippen MR) is 175 cm³/mol. The molecule has 0 aliphatic carbocycles. The van der Waals surface area contributed by atoms with Crippen LogP contribution in [-0.4, -0.2) is 41.7 Å². The zero-order chi connectivity index (χ0) is 30.8. The fourth-order valence-electron chi connectivity index (χ4n) is 5.04. The Morgan fingerprint density at radius 1 is 0.714 bits per heavy atom. The van der Waals surface area contributed by atoms with E-state index in [0.717, 1.165) is 45.1 Å². The molecule has 0 fully saturated rings. The summed E-state index contributed by atoms with van der Waals surface area (Å²) in [5.41, 5.74) is 0.443. The Labute approximate surface area is 255 Å². The number of carbonyl (C=O) groups is 2. The van der Waals surface area contributed by atoms with Gasteiger partial charge < -0.3 is 16.0 Å².